The van der Waals surface area contributed by atoms with Crippen LogP contribution in [0.1, 0.15) is 35.6 Å². The molecule has 0 aromatic heterocycles. The summed E-state index contributed by atoms with van der Waals surface area (Å²) in [7, 11) is 0. The fourth-order valence-electron chi connectivity index (χ4n) is 3.98. The molecule has 3 atom stereocenters. The lowest BCUT2D eigenvalue weighted by Crippen LogP contribution is -2.47. The lowest BCUT2D eigenvalue weighted by atomic mass is 10.0. The molecule has 2 aromatic carbocycles. The summed E-state index contributed by atoms with van der Waals surface area (Å²) in [5.41, 5.74) is 10.2. The number of hydrogen-bond acceptors (Lipinski definition) is 4. The second-order valence-corrected chi connectivity index (χ2v) is 7.76. The highest BCUT2D eigenvalue weighted by molar-refractivity contribution is 5.82. The molecule has 2 aromatic rings. The first-order valence-electron chi connectivity index (χ1n) is 9.81. The largest absolute Gasteiger partial charge is 0.351 e. The Morgan fingerprint density at radius 1 is 1.11 bits per heavy atom. The summed E-state index contributed by atoms with van der Waals surface area (Å²) in [6.07, 6.45) is 1.79. The van der Waals surface area contributed by atoms with Gasteiger partial charge < -0.3 is 5.32 Å². The standard InChI is InChI=1S/C22H28N4O/c1-16-7-9-18(10-8-16)20-13-21(25-24-20)22(27)23-19-11-12-26(15-19)14-17-5-3-2-4-6-17/h2-10,19-21,24-25H,11-15H2,1H3,(H,23,27). The van der Waals surface area contributed by atoms with Crippen molar-refractivity contribution in [3.05, 3.63) is 71.3 Å². The van der Waals surface area contributed by atoms with Crippen molar-refractivity contribution in [2.75, 3.05) is 13.1 Å². The van der Waals surface area contributed by atoms with Crippen LogP contribution < -0.4 is 16.2 Å². The molecule has 2 aliphatic rings. The maximum Gasteiger partial charge on any atom is 0.238 e. The first kappa shape index (κ1) is 18.2. The quantitative estimate of drug-likeness (QED) is 0.762. The molecule has 2 aliphatic heterocycles. The summed E-state index contributed by atoms with van der Waals surface area (Å²) < 4.78 is 0. The van der Waals surface area contributed by atoms with Gasteiger partial charge >= 0.3 is 0 Å². The van der Waals surface area contributed by atoms with E-state index >= 15 is 0 Å². The number of nitrogens with one attached hydrogen (secondary N) is 3. The zero-order valence-electron chi connectivity index (χ0n) is 15.8. The normalized spacial score (nSPS) is 25.6. The zero-order valence-corrected chi connectivity index (χ0v) is 15.8. The van der Waals surface area contributed by atoms with Gasteiger partial charge in [-0.05, 0) is 30.9 Å². The smallest absolute Gasteiger partial charge is 0.238 e. The van der Waals surface area contributed by atoms with Crippen molar-refractivity contribution >= 4 is 5.91 Å². The van der Waals surface area contributed by atoms with Crippen LogP contribution in [0, 0.1) is 6.92 Å². The molecule has 2 saturated heterocycles. The van der Waals surface area contributed by atoms with Crippen molar-refractivity contribution in [2.24, 2.45) is 0 Å². The molecule has 0 spiro atoms. The van der Waals surface area contributed by atoms with Gasteiger partial charge in [0.1, 0.15) is 6.04 Å². The van der Waals surface area contributed by atoms with Gasteiger partial charge in [0.2, 0.25) is 5.91 Å². The summed E-state index contributed by atoms with van der Waals surface area (Å²) in [4.78, 5) is 15.1. The van der Waals surface area contributed by atoms with Crippen molar-refractivity contribution in [3.63, 3.8) is 0 Å². The van der Waals surface area contributed by atoms with Gasteiger partial charge in [-0.15, -0.1) is 0 Å². The van der Waals surface area contributed by atoms with Crippen LogP contribution in [0.25, 0.3) is 0 Å². The van der Waals surface area contributed by atoms with Crippen LogP contribution in [0.3, 0.4) is 0 Å². The van der Waals surface area contributed by atoms with E-state index in [0.717, 1.165) is 32.5 Å². The van der Waals surface area contributed by atoms with Crippen LogP contribution in [0.2, 0.25) is 0 Å². The number of amides is 1. The van der Waals surface area contributed by atoms with Crippen molar-refractivity contribution in [1.29, 1.82) is 0 Å². The second kappa shape index (κ2) is 8.21. The van der Waals surface area contributed by atoms with Crippen molar-refractivity contribution < 1.29 is 4.79 Å². The van der Waals surface area contributed by atoms with Gasteiger partial charge in [-0.3, -0.25) is 9.69 Å². The molecule has 0 saturated carbocycles. The number of hydrogen-bond donors (Lipinski definition) is 3. The van der Waals surface area contributed by atoms with Crippen molar-refractivity contribution in [3.8, 4) is 0 Å². The topological polar surface area (TPSA) is 56.4 Å². The van der Waals surface area contributed by atoms with Crippen LogP contribution >= 0.6 is 0 Å². The SMILES string of the molecule is Cc1ccc(C2CC(C(=O)NC3CCN(Cc4ccccc4)C3)NN2)cc1. The maximum absolute atomic E-state index is 12.7. The first-order valence-corrected chi connectivity index (χ1v) is 9.81. The molecular formula is C22H28N4O. The fraction of sp³-hybridized carbons (Fsp3) is 0.409. The van der Waals surface area contributed by atoms with E-state index in [9.17, 15) is 4.79 Å². The van der Waals surface area contributed by atoms with Gasteiger partial charge in [0.25, 0.3) is 0 Å². The minimum atomic E-state index is -0.181. The van der Waals surface area contributed by atoms with Gasteiger partial charge in [0.15, 0.2) is 0 Å². The lowest BCUT2D eigenvalue weighted by molar-refractivity contribution is -0.123. The molecule has 3 N–H and O–H groups in total. The number of likely N-dealkylation sites (tertiary alicyclic amines) is 1. The molecule has 142 valence electrons. The zero-order chi connectivity index (χ0) is 18.6. The molecule has 0 bridgehead atoms. The maximum atomic E-state index is 12.7. The monoisotopic (exact) mass is 364 g/mol. The van der Waals surface area contributed by atoms with Crippen molar-refractivity contribution in [1.82, 2.24) is 21.1 Å². The van der Waals surface area contributed by atoms with E-state index in [2.05, 4.69) is 76.5 Å². The Morgan fingerprint density at radius 3 is 2.67 bits per heavy atom. The highest BCUT2D eigenvalue weighted by Crippen LogP contribution is 2.23. The second-order valence-electron chi connectivity index (χ2n) is 7.76. The molecule has 2 heterocycles. The number of nitrogens with zero attached hydrogens (tertiary/aromatic N) is 1. The highest BCUT2D eigenvalue weighted by atomic mass is 16.2. The van der Waals surface area contributed by atoms with E-state index in [1.165, 1.54) is 16.7 Å². The van der Waals surface area contributed by atoms with Crippen LogP contribution in [-0.2, 0) is 11.3 Å². The number of rotatable bonds is 5. The molecule has 0 aliphatic carbocycles. The molecule has 5 heteroatoms. The van der Waals surface area contributed by atoms with E-state index < -0.39 is 0 Å². The molecular weight excluding hydrogens is 336 g/mol. The van der Waals surface area contributed by atoms with Crippen LogP contribution in [0.5, 0.6) is 0 Å². The number of carbonyl (C=O) groups is 1. The molecule has 0 radical (unpaired) electrons. The van der Waals surface area contributed by atoms with Gasteiger partial charge in [0.05, 0.1) is 0 Å². The van der Waals surface area contributed by atoms with Gasteiger partial charge in [-0.2, -0.15) is 0 Å². The molecule has 2 fully saturated rings. The molecule has 3 unspecified atom stereocenters. The summed E-state index contributed by atoms with van der Waals surface area (Å²) in [6.45, 7) is 4.99. The Balaban J connectivity index is 1.25. The highest BCUT2D eigenvalue weighted by Gasteiger charge is 2.32. The Morgan fingerprint density at radius 2 is 1.89 bits per heavy atom. The minimum Gasteiger partial charge on any atom is -0.351 e. The summed E-state index contributed by atoms with van der Waals surface area (Å²) in [5, 5.41) is 3.23. The fourth-order valence-corrected chi connectivity index (χ4v) is 3.98. The molecule has 1 amide bonds. The predicted molar refractivity (Wildman–Crippen MR) is 107 cm³/mol. The van der Waals surface area contributed by atoms with Gasteiger partial charge in [-0.25, -0.2) is 10.9 Å². The van der Waals surface area contributed by atoms with E-state index in [1.807, 2.05) is 6.07 Å². The Kier molecular flexibility index (Phi) is 5.53. The molecule has 4 rings (SSSR count). The number of hydrazine groups is 1. The summed E-state index contributed by atoms with van der Waals surface area (Å²) in [5.74, 6) is 0.101. The predicted octanol–water partition coefficient (Wildman–Crippen LogP) is 2.29. The Labute approximate surface area is 161 Å². The van der Waals surface area contributed by atoms with E-state index in [1.54, 1.807) is 0 Å². The third-order valence-corrected chi connectivity index (χ3v) is 5.57. The van der Waals surface area contributed by atoms with Crippen LogP contribution in [0.15, 0.2) is 54.6 Å². The lowest BCUT2D eigenvalue weighted by Gasteiger charge is -2.18. The van der Waals surface area contributed by atoms with E-state index in [0.29, 0.717) is 0 Å². The third kappa shape index (κ3) is 4.56. The summed E-state index contributed by atoms with van der Waals surface area (Å²) in [6, 6.07) is 19.2. The number of benzene rings is 2. The Hall–Kier alpha value is -2.21. The molecule has 5 nitrogen and oxygen atoms in total. The van der Waals surface area contributed by atoms with Crippen LogP contribution in [-0.4, -0.2) is 36.0 Å². The van der Waals surface area contributed by atoms with Crippen LogP contribution in [0.4, 0.5) is 0 Å². The number of carbonyl (C=O) groups excluding carboxylic acids is 1. The number of aryl methyl sites for hydroxylation is 1. The average Bonchev–Trinajstić information content (AvgIpc) is 3.33. The summed E-state index contributed by atoms with van der Waals surface area (Å²) >= 11 is 0. The first-order chi connectivity index (χ1) is 13.2. The van der Waals surface area contributed by atoms with Gasteiger partial charge in [0, 0.05) is 31.7 Å². The Bertz CT molecular complexity index is 762. The van der Waals surface area contributed by atoms with Crippen molar-refractivity contribution in [2.45, 2.75) is 44.4 Å². The van der Waals surface area contributed by atoms with E-state index in [-0.39, 0.29) is 24.0 Å². The minimum absolute atomic E-state index is 0.101. The molecule has 27 heavy (non-hydrogen) atoms. The average molecular weight is 364 g/mol. The third-order valence-electron chi connectivity index (χ3n) is 5.57. The van der Waals surface area contributed by atoms with Gasteiger partial charge in [-0.1, -0.05) is 60.2 Å². The van der Waals surface area contributed by atoms with E-state index in [4.69, 9.17) is 0 Å².